The van der Waals surface area contributed by atoms with Crippen LogP contribution in [0.1, 0.15) is 6.92 Å². The first kappa shape index (κ1) is 31.1. The zero-order valence-corrected chi connectivity index (χ0v) is 21.4. The lowest BCUT2D eigenvalue weighted by Gasteiger charge is -2.10. The number of hydrogen-bond donors (Lipinski definition) is 0. The molecule has 4 rings (SSSR count). The minimum atomic E-state index is -2.93. The monoisotopic (exact) mass is 586 g/mol. The Labute approximate surface area is 229 Å². The van der Waals surface area contributed by atoms with E-state index in [-0.39, 0.29) is 40.7 Å². The third-order valence-electron chi connectivity index (χ3n) is 5.39. The second-order valence-corrected chi connectivity index (χ2v) is 7.92. The lowest BCUT2D eigenvalue weighted by atomic mass is 10.0. The van der Waals surface area contributed by atoms with E-state index in [1.165, 1.54) is 79.9 Å². The maximum Gasteiger partial charge on any atom is 0.387 e. The molecule has 0 unspecified atom stereocenters. The van der Waals surface area contributed by atoms with Crippen LogP contribution < -0.4 is 18.9 Å². The van der Waals surface area contributed by atoms with Gasteiger partial charge in [-0.05, 0) is 66.6 Å². The highest BCUT2D eigenvalue weighted by molar-refractivity contribution is 5.67. The Kier molecular flexibility index (Phi) is 10.8. The van der Waals surface area contributed by atoms with E-state index in [1.54, 1.807) is 6.92 Å². The van der Waals surface area contributed by atoms with Gasteiger partial charge in [0.15, 0.2) is 23.1 Å². The third kappa shape index (κ3) is 8.03. The quantitative estimate of drug-likeness (QED) is 0.184. The molecule has 0 aliphatic carbocycles. The minimum absolute atomic E-state index is 0.00639. The van der Waals surface area contributed by atoms with Crippen LogP contribution in [0.4, 0.5) is 35.1 Å². The number of alkyl halides is 4. The first-order chi connectivity index (χ1) is 19.5. The summed E-state index contributed by atoms with van der Waals surface area (Å²) in [5.74, 6) is -4.78. The Bertz CT molecular complexity index is 1430. The molecule has 0 aromatic heterocycles. The molecular weight excluding hydrogens is 564 g/mol. The van der Waals surface area contributed by atoms with Crippen molar-refractivity contribution in [1.29, 1.82) is 0 Å². The van der Waals surface area contributed by atoms with E-state index in [4.69, 9.17) is 4.74 Å². The Hall–Kier alpha value is -4.48. The fourth-order valence-electron chi connectivity index (χ4n) is 3.57. The second kappa shape index (κ2) is 14.2. The van der Waals surface area contributed by atoms with Gasteiger partial charge in [0.05, 0.1) is 13.7 Å². The summed E-state index contributed by atoms with van der Waals surface area (Å²) in [6, 6.07) is 15.8. The summed E-state index contributed by atoms with van der Waals surface area (Å²) in [6.45, 7) is -3.99. The maximum absolute atomic E-state index is 14.0. The molecule has 0 atom stereocenters. The maximum atomic E-state index is 14.0. The fourth-order valence-corrected chi connectivity index (χ4v) is 3.57. The topological polar surface area (TPSA) is 36.9 Å². The van der Waals surface area contributed by atoms with Crippen molar-refractivity contribution in [2.45, 2.75) is 20.1 Å². The number of methoxy groups -OCH3 is 1. The van der Waals surface area contributed by atoms with Crippen molar-refractivity contribution < 1.29 is 54.1 Å². The number of rotatable bonds is 9. The molecule has 0 heterocycles. The molecule has 0 N–H and O–H groups in total. The molecule has 218 valence electrons. The molecule has 41 heavy (non-hydrogen) atoms. The molecule has 4 aromatic rings. The number of hydrogen-bond acceptors (Lipinski definition) is 4. The summed E-state index contributed by atoms with van der Waals surface area (Å²) in [5.41, 5.74) is 0.702. The molecule has 0 radical (unpaired) electrons. The Morgan fingerprint density at radius 2 is 0.927 bits per heavy atom. The van der Waals surface area contributed by atoms with Crippen LogP contribution >= 0.6 is 0 Å². The predicted octanol–water partition coefficient (Wildman–Crippen LogP) is 8.87. The van der Waals surface area contributed by atoms with Crippen LogP contribution in [0, 0.1) is 23.3 Å². The molecule has 0 fully saturated rings. The van der Waals surface area contributed by atoms with Crippen LogP contribution in [0.25, 0.3) is 22.3 Å². The van der Waals surface area contributed by atoms with E-state index in [0.717, 1.165) is 0 Å². The highest BCUT2D eigenvalue weighted by Gasteiger charge is 2.17. The van der Waals surface area contributed by atoms with Gasteiger partial charge in [-0.15, -0.1) is 0 Å². The van der Waals surface area contributed by atoms with E-state index in [9.17, 15) is 35.1 Å². The fraction of sp³-hybridized carbons (Fsp3) is 0.172. The molecule has 0 bridgehead atoms. The van der Waals surface area contributed by atoms with Crippen molar-refractivity contribution in [2.75, 3.05) is 13.7 Å². The molecular formula is C29H22F8O4. The summed E-state index contributed by atoms with van der Waals surface area (Å²) in [6.07, 6.45) is 0. The van der Waals surface area contributed by atoms with Crippen LogP contribution in [-0.4, -0.2) is 26.9 Å². The molecule has 0 aliphatic rings. The highest BCUT2D eigenvalue weighted by Crippen LogP contribution is 2.32. The highest BCUT2D eigenvalue weighted by atomic mass is 19.3. The van der Waals surface area contributed by atoms with Gasteiger partial charge in [0.2, 0.25) is 11.6 Å². The van der Waals surface area contributed by atoms with Gasteiger partial charge in [0.25, 0.3) is 0 Å². The summed E-state index contributed by atoms with van der Waals surface area (Å²) >= 11 is 0. The zero-order chi connectivity index (χ0) is 30.1. The summed E-state index contributed by atoms with van der Waals surface area (Å²) in [4.78, 5) is 0. The number of ether oxygens (including phenoxy) is 4. The van der Waals surface area contributed by atoms with E-state index >= 15 is 0 Å². The lowest BCUT2D eigenvalue weighted by Crippen LogP contribution is -2.01. The van der Waals surface area contributed by atoms with E-state index in [1.807, 2.05) is 0 Å². The van der Waals surface area contributed by atoms with Crippen molar-refractivity contribution in [3.05, 3.63) is 96.1 Å². The Morgan fingerprint density at radius 1 is 0.537 bits per heavy atom. The van der Waals surface area contributed by atoms with Crippen LogP contribution in [0.2, 0.25) is 0 Å². The van der Waals surface area contributed by atoms with Gasteiger partial charge in [-0.3, -0.25) is 0 Å². The number of benzene rings is 4. The predicted molar refractivity (Wildman–Crippen MR) is 135 cm³/mol. The van der Waals surface area contributed by atoms with Crippen LogP contribution in [0.5, 0.6) is 23.0 Å². The van der Waals surface area contributed by atoms with E-state index in [2.05, 4.69) is 14.2 Å². The normalized spacial score (nSPS) is 10.7. The van der Waals surface area contributed by atoms with Crippen molar-refractivity contribution in [2.24, 2.45) is 0 Å². The lowest BCUT2D eigenvalue weighted by molar-refractivity contribution is -0.0505. The van der Waals surface area contributed by atoms with Gasteiger partial charge in [-0.25, -0.2) is 8.78 Å². The van der Waals surface area contributed by atoms with Gasteiger partial charge >= 0.3 is 13.2 Å². The van der Waals surface area contributed by atoms with Gasteiger partial charge in [-0.1, -0.05) is 24.3 Å². The van der Waals surface area contributed by atoms with E-state index in [0.29, 0.717) is 11.1 Å². The van der Waals surface area contributed by atoms with Gasteiger partial charge < -0.3 is 18.9 Å². The molecule has 0 amide bonds. The average Bonchev–Trinajstić information content (AvgIpc) is 2.94. The summed E-state index contributed by atoms with van der Waals surface area (Å²) in [5, 5.41) is 0. The third-order valence-corrected chi connectivity index (χ3v) is 5.39. The smallest absolute Gasteiger partial charge is 0.387 e. The van der Waals surface area contributed by atoms with Gasteiger partial charge in [0, 0.05) is 11.1 Å². The largest absolute Gasteiger partial charge is 0.494 e. The molecule has 0 aliphatic heterocycles. The standard InChI is InChI=1S/C15H12F4O2.C14H10F4O2/c1-2-20-12-8-7-11(13(16)14(12)17)9-3-5-10(6-4-9)21-15(18)19;1-19-11-7-6-10(12(15)13(11)16)8-2-4-9(5-3-8)20-14(17)18/h3-8,15H,2H2,1H3;2-7,14H,1H3. The molecule has 12 heteroatoms. The Morgan fingerprint density at radius 3 is 1.29 bits per heavy atom. The molecule has 0 spiro atoms. The van der Waals surface area contributed by atoms with Crippen LogP contribution in [0.15, 0.2) is 72.8 Å². The summed E-state index contributed by atoms with van der Waals surface area (Å²) < 4.78 is 121. The van der Waals surface area contributed by atoms with Crippen LogP contribution in [0.3, 0.4) is 0 Å². The molecule has 0 saturated heterocycles. The van der Waals surface area contributed by atoms with Crippen LogP contribution in [-0.2, 0) is 0 Å². The molecule has 0 saturated carbocycles. The number of halogens is 8. The van der Waals surface area contributed by atoms with Crippen molar-refractivity contribution >= 4 is 0 Å². The first-order valence-corrected chi connectivity index (χ1v) is 11.8. The van der Waals surface area contributed by atoms with Gasteiger partial charge in [-0.2, -0.15) is 26.3 Å². The van der Waals surface area contributed by atoms with Crippen molar-refractivity contribution in [3.63, 3.8) is 0 Å². The molecule has 4 nitrogen and oxygen atoms in total. The second-order valence-electron chi connectivity index (χ2n) is 7.92. The SMILES string of the molecule is CCOc1ccc(-c2ccc(OC(F)F)cc2)c(F)c1F.COc1ccc(-c2ccc(OC(F)F)cc2)c(F)c1F. The molecule has 4 aromatic carbocycles. The van der Waals surface area contributed by atoms with Crippen molar-refractivity contribution in [1.82, 2.24) is 0 Å². The minimum Gasteiger partial charge on any atom is -0.494 e. The summed E-state index contributed by atoms with van der Waals surface area (Å²) in [7, 11) is 1.23. The van der Waals surface area contributed by atoms with E-state index < -0.39 is 36.5 Å². The van der Waals surface area contributed by atoms with Crippen molar-refractivity contribution in [3.8, 4) is 45.3 Å². The zero-order valence-electron chi connectivity index (χ0n) is 21.4. The first-order valence-electron chi connectivity index (χ1n) is 11.8. The Balaban J connectivity index is 0.000000226. The van der Waals surface area contributed by atoms with Gasteiger partial charge in [0.1, 0.15) is 11.5 Å². The average molecular weight is 586 g/mol.